The third-order valence-electron chi connectivity index (χ3n) is 1.55. The fourth-order valence-electron chi connectivity index (χ4n) is 0.865. The number of halogens is 3. The average Bonchev–Trinajstić information content (AvgIpc) is 2.15. The monoisotopic (exact) mass is 222 g/mol. The number of alkyl halides is 3. The summed E-state index contributed by atoms with van der Waals surface area (Å²) in [7, 11) is 0. The van der Waals surface area contributed by atoms with Crippen LogP contribution in [0.3, 0.4) is 0 Å². The predicted molar refractivity (Wildman–Crippen MR) is 45.7 cm³/mol. The van der Waals surface area contributed by atoms with Gasteiger partial charge in [-0.15, -0.1) is 13.2 Å². The molecule has 0 bridgehead atoms. The first kappa shape index (κ1) is 11.4. The molecule has 0 aliphatic rings. The second-order valence-electron chi connectivity index (χ2n) is 2.54. The highest BCUT2D eigenvalue weighted by Crippen LogP contribution is 2.29. The van der Waals surface area contributed by atoms with E-state index in [1.807, 2.05) is 0 Å². The largest absolute Gasteiger partial charge is 0.604 e. The molecule has 1 atom stereocenters. The molecular weight excluding hydrogens is 215 g/mol. The molecule has 1 rings (SSSR count). The van der Waals surface area contributed by atoms with Crippen molar-refractivity contribution in [2.24, 2.45) is 0 Å². The number of hydrogen-bond donors (Lipinski definition) is 0. The fourth-order valence-corrected chi connectivity index (χ4v) is 1.52. The molecule has 0 saturated carbocycles. The Hall–Kier alpha value is -0.720. The van der Waals surface area contributed by atoms with Crippen LogP contribution >= 0.6 is 0 Å². The molecule has 0 amide bonds. The van der Waals surface area contributed by atoms with Crippen LogP contribution in [0.25, 0.3) is 0 Å². The molecule has 0 heterocycles. The van der Waals surface area contributed by atoms with Crippen molar-refractivity contribution < 1.29 is 17.7 Å². The maximum absolute atomic E-state index is 12.0. The van der Waals surface area contributed by atoms with Crippen LogP contribution in [0.2, 0.25) is 0 Å². The van der Waals surface area contributed by atoms with Gasteiger partial charge in [-0.3, -0.25) is 5.73 Å². The van der Waals surface area contributed by atoms with Crippen molar-refractivity contribution in [1.29, 1.82) is 0 Å². The highest BCUT2D eigenvalue weighted by atomic mass is 32.2. The first-order valence-corrected chi connectivity index (χ1v) is 4.82. The number of nitrogens with one attached hydrogen (secondary N) is 1. The first-order chi connectivity index (χ1) is 6.45. The van der Waals surface area contributed by atoms with Gasteiger partial charge in [0.15, 0.2) is 4.90 Å². The average molecular weight is 222 g/mol. The van der Waals surface area contributed by atoms with Gasteiger partial charge >= 0.3 is 5.51 Å². The van der Waals surface area contributed by atoms with Gasteiger partial charge in [-0.1, -0.05) is 12.1 Å². The zero-order valence-corrected chi connectivity index (χ0v) is 7.78. The van der Waals surface area contributed by atoms with E-state index in [-0.39, 0.29) is 11.4 Å². The molecule has 14 heavy (non-hydrogen) atoms. The minimum atomic E-state index is -4.72. The highest BCUT2D eigenvalue weighted by Gasteiger charge is 2.45. The van der Waals surface area contributed by atoms with Gasteiger partial charge in [0.05, 0.1) is 11.2 Å². The number of rotatable bonds is 2. The Morgan fingerprint density at radius 2 is 1.71 bits per heavy atom. The van der Waals surface area contributed by atoms with Crippen LogP contribution in [0.15, 0.2) is 29.2 Å². The summed E-state index contributed by atoms with van der Waals surface area (Å²) in [6, 6.07) is 5.00. The molecule has 0 aromatic heterocycles. The number of hydrogen-bond acceptors (Lipinski definition) is 1. The van der Waals surface area contributed by atoms with Crippen molar-refractivity contribution in [1.82, 2.24) is 5.73 Å². The Morgan fingerprint density at radius 3 is 2.07 bits per heavy atom. The van der Waals surface area contributed by atoms with Crippen LogP contribution in [-0.2, 0) is 17.7 Å². The van der Waals surface area contributed by atoms with Crippen molar-refractivity contribution >= 4 is 11.2 Å². The van der Waals surface area contributed by atoms with Crippen molar-refractivity contribution in [3.05, 3.63) is 29.8 Å². The Balaban J connectivity index is 2.87. The normalized spacial score (nSPS) is 14.1. The minimum Gasteiger partial charge on any atom is -0.604 e. The topological polar surface area (TPSA) is 46.9 Å². The van der Waals surface area contributed by atoms with Gasteiger partial charge in [-0.2, -0.15) is 0 Å². The van der Waals surface area contributed by atoms with Crippen molar-refractivity contribution in [2.75, 3.05) is 0 Å². The predicted octanol–water partition coefficient (Wildman–Crippen LogP) is 2.10. The summed E-state index contributed by atoms with van der Waals surface area (Å²) in [5.74, 6) is 0. The molecule has 1 N–H and O–H groups in total. The van der Waals surface area contributed by atoms with Crippen LogP contribution in [0, 0.1) is 0 Å². The highest BCUT2D eigenvalue weighted by molar-refractivity contribution is 7.92. The van der Waals surface area contributed by atoms with Crippen molar-refractivity contribution in [2.45, 2.75) is 16.9 Å². The van der Waals surface area contributed by atoms with Gasteiger partial charge in [-0.25, -0.2) is 0 Å². The molecule has 1 aromatic rings. The summed E-state index contributed by atoms with van der Waals surface area (Å²) in [5, 5.41) is 0. The minimum absolute atomic E-state index is 0.00106. The zero-order valence-electron chi connectivity index (χ0n) is 6.97. The lowest BCUT2D eigenvalue weighted by molar-refractivity contribution is -0.0435. The first-order valence-electron chi connectivity index (χ1n) is 3.67. The lowest BCUT2D eigenvalue weighted by Crippen LogP contribution is -2.23. The third-order valence-corrected chi connectivity index (χ3v) is 2.67. The smallest absolute Gasteiger partial charge is 0.578 e. The van der Waals surface area contributed by atoms with E-state index in [1.165, 1.54) is 12.1 Å². The summed E-state index contributed by atoms with van der Waals surface area (Å²) in [4.78, 5) is -0.283. The van der Waals surface area contributed by atoms with Crippen LogP contribution in [0.1, 0.15) is 5.56 Å². The van der Waals surface area contributed by atoms with Crippen LogP contribution in [-0.4, -0.2) is 10.1 Å². The fraction of sp³-hybridized carbons (Fsp3) is 0.250. The lowest BCUT2D eigenvalue weighted by Gasteiger charge is -2.11. The molecule has 1 unspecified atom stereocenters. The summed E-state index contributed by atoms with van der Waals surface area (Å²) in [6.45, 7) is -0.00106. The van der Waals surface area contributed by atoms with Gasteiger partial charge in [0.25, 0.3) is 0 Å². The van der Waals surface area contributed by atoms with E-state index in [9.17, 15) is 17.7 Å². The molecule has 0 fully saturated rings. The second-order valence-corrected chi connectivity index (χ2v) is 4.01. The molecule has 0 aliphatic heterocycles. The molecule has 6 heteroatoms. The summed E-state index contributed by atoms with van der Waals surface area (Å²) in [5.41, 5.74) is 2.82. The third kappa shape index (κ3) is 2.63. The maximum atomic E-state index is 12.0. The van der Waals surface area contributed by atoms with Crippen molar-refractivity contribution in [3.63, 3.8) is 0 Å². The molecule has 2 nitrogen and oxygen atoms in total. The molecular formula is C8H7F3NOS. The Bertz CT molecular complexity index is 298. The van der Waals surface area contributed by atoms with Crippen LogP contribution in [0.4, 0.5) is 13.2 Å². The Morgan fingerprint density at radius 1 is 1.21 bits per heavy atom. The maximum Gasteiger partial charge on any atom is 0.578 e. The Labute approximate surface area is 82.1 Å². The van der Waals surface area contributed by atoms with E-state index in [2.05, 4.69) is 0 Å². The summed E-state index contributed by atoms with van der Waals surface area (Å²) >= 11 is -2.97. The quantitative estimate of drug-likeness (QED) is 0.707. The molecule has 1 radical (unpaired) electrons. The zero-order chi connectivity index (χ0) is 10.8. The van der Waals surface area contributed by atoms with Gasteiger partial charge in [-0.05, 0) is 17.7 Å². The van der Waals surface area contributed by atoms with E-state index in [0.717, 1.165) is 12.1 Å². The van der Waals surface area contributed by atoms with E-state index in [4.69, 9.17) is 5.73 Å². The standard InChI is InChI=1S/C8H7F3NOS/c9-8(10,11)14(13)7-3-1-6(5-12)2-4-7/h1-4,12H,5H2. The Kier molecular flexibility index (Phi) is 3.41. The SMILES string of the molecule is [NH]Cc1ccc([S+]([O-])C(F)(F)F)cc1. The molecule has 77 valence electrons. The summed E-state index contributed by atoms with van der Waals surface area (Å²) in [6.07, 6.45) is 0. The molecule has 1 aromatic carbocycles. The van der Waals surface area contributed by atoms with E-state index >= 15 is 0 Å². The molecule has 0 saturated heterocycles. The van der Waals surface area contributed by atoms with Gasteiger partial charge in [0.1, 0.15) is 0 Å². The van der Waals surface area contributed by atoms with E-state index < -0.39 is 16.7 Å². The van der Waals surface area contributed by atoms with E-state index in [0.29, 0.717) is 5.56 Å². The van der Waals surface area contributed by atoms with E-state index in [1.54, 1.807) is 0 Å². The summed E-state index contributed by atoms with van der Waals surface area (Å²) < 4.78 is 46.7. The van der Waals surface area contributed by atoms with Gasteiger partial charge in [0.2, 0.25) is 0 Å². The van der Waals surface area contributed by atoms with Crippen molar-refractivity contribution in [3.8, 4) is 0 Å². The van der Waals surface area contributed by atoms with Gasteiger partial charge < -0.3 is 4.55 Å². The van der Waals surface area contributed by atoms with Crippen LogP contribution < -0.4 is 5.73 Å². The van der Waals surface area contributed by atoms with Gasteiger partial charge in [0, 0.05) is 6.54 Å². The molecule has 0 aliphatic carbocycles. The lowest BCUT2D eigenvalue weighted by atomic mass is 10.2. The molecule has 0 spiro atoms. The second kappa shape index (κ2) is 4.20. The van der Waals surface area contributed by atoms with Crippen LogP contribution in [0.5, 0.6) is 0 Å². The number of benzene rings is 1.